The molecular formula is C18H22N4O. The largest absolute Gasteiger partial charge is 0.488 e. The second-order valence-corrected chi connectivity index (χ2v) is 6.40. The van der Waals surface area contributed by atoms with Crippen molar-refractivity contribution in [2.75, 3.05) is 24.5 Å². The van der Waals surface area contributed by atoms with Gasteiger partial charge in [-0.2, -0.15) is 0 Å². The van der Waals surface area contributed by atoms with Crippen LogP contribution in [0.4, 0.5) is 5.82 Å². The molecule has 5 heteroatoms. The van der Waals surface area contributed by atoms with Crippen molar-refractivity contribution < 1.29 is 4.74 Å². The van der Waals surface area contributed by atoms with Crippen molar-refractivity contribution in [3.8, 4) is 17.0 Å². The summed E-state index contributed by atoms with van der Waals surface area (Å²) in [7, 11) is 0. The van der Waals surface area contributed by atoms with Crippen LogP contribution in [0.5, 0.6) is 5.75 Å². The summed E-state index contributed by atoms with van der Waals surface area (Å²) >= 11 is 0. The van der Waals surface area contributed by atoms with Gasteiger partial charge in [0.25, 0.3) is 0 Å². The van der Waals surface area contributed by atoms with Crippen molar-refractivity contribution >= 4 is 5.82 Å². The lowest BCUT2D eigenvalue weighted by molar-refractivity contribution is 0.242. The van der Waals surface area contributed by atoms with Gasteiger partial charge in [0, 0.05) is 44.0 Å². The van der Waals surface area contributed by atoms with Crippen LogP contribution in [0.25, 0.3) is 11.3 Å². The molecule has 1 atom stereocenters. The molecule has 1 unspecified atom stereocenters. The second-order valence-electron chi connectivity index (χ2n) is 6.40. The number of benzene rings is 1. The third kappa shape index (κ3) is 2.55. The molecule has 2 aromatic rings. The van der Waals surface area contributed by atoms with Crippen LogP contribution in [-0.2, 0) is 6.42 Å². The van der Waals surface area contributed by atoms with E-state index in [0.29, 0.717) is 6.54 Å². The van der Waals surface area contributed by atoms with Gasteiger partial charge in [0.15, 0.2) is 5.82 Å². The van der Waals surface area contributed by atoms with E-state index < -0.39 is 0 Å². The highest BCUT2D eigenvalue weighted by Crippen LogP contribution is 2.41. The summed E-state index contributed by atoms with van der Waals surface area (Å²) in [5, 5.41) is 0. The molecule has 2 aliphatic rings. The molecule has 0 radical (unpaired) electrons. The highest BCUT2D eigenvalue weighted by molar-refractivity contribution is 5.79. The molecule has 4 rings (SSSR count). The molecular weight excluding hydrogens is 288 g/mol. The maximum absolute atomic E-state index is 6.10. The van der Waals surface area contributed by atoms with Gasteiger partial charge in [-0.1, -0.05) is 6.07 Å². The van der Waals surface area contributed by atoms with Crippen LogP contribution in [0.15, 0.2) is 24.5 Å². The highest BCUT2D eigenvalue weighted by atomic mass is 16.5. The summed E-state index contributed by atoms with van der Waals surface area (Å²) in [6.07, 6.45) is 6.91. The quantitative estimate of drug-likeness (QED) is 0.942. The summed E-state index contributed by atoms with van der Waals surface area (Å²) < 4.78 is 6.10. The molecule has 3 heterocycles. The number of nitrogens with two attached hydrogens (primary N) is 1. The standard InChI is InChI=1S/C18H22N4O/c1-12-8-13-10-14(11-19)23-17(13)15(9-12)16-18(21-5-4-20-16)22-6-2-3-7-22/h4-5,8-9,14H,2-3,6-7,10-11,19H2,1H3. The third-order valence-corrected chi connectivity index (χ3v) is 4.64. The number of nitrogens with zero attached hydrogens (tertiary/aromatic N) is 3. The number of ether oxygens (including phenoxy) is 1. The average Bonchev–Trinajstić information content (AvgIpc) is 3.23. The molecule has 120 valence electrons. The Morgan fingerprint density at radius 2 is 2.00 bits per heavy atom. The lowest BCUT2D eigenvalue weighted by atomic mass is 10.0. The zero-order valence-corrected chi connectivity index (χ0v) is 13.5. The summed E-state index contributed by atoms with van der Waals surface area (Å²) in [6, 6.07) is 4.35. The van der Waals surface area contributed by atoms with Crippen molar-refractivity contribution in [2.45, 2.75) is 32.3 Å². The van der Waals surface area contributed by atoms with E-state index in [9.17, 15) is 0 Å². The molecule has 0 bridgehead atoms. The fourth-order valence-corrected chi connectivity index (χ4v) is 3.58. The first-order chi connectivity index (χ1) is 11.3. The van der Waals surface area contributed by atoms with E-state index >= 15 is 0 Å². The maximum atomic E-state index is 6.10. The minimum atomic E-state index is 0.0671. The first kappa shape index (κ1) is 14.5. The highest BCUT2D eigenvalue weighted by Gasteiger charge is 2.28. The number of hydrogen-bond donors (Lipinski definition) is 1. The fraction of sp³-hybridized carbons (Fsp3) is 0.444. The smallest absolute Gasteiger partial charge is 0.155 e. The van der Waals surface area contributed by atoms with Crippen LogP contribution in [0, 0.1) is 6.92 Å². The molecule has 1 saturated heterocycles. The van der Waals surface area contributed by atoms with Gasteiger partial charge in [0.2, 0.25) is 0 Å². The number of anilines is 1. The molecule has 2 N–H and O–H groups in total. The number of hydrogen-bond acceptors (Lipinski definition) is 5. The first-order valence-corrected chi connectivity index (χ1v) is 8.33. The summed E-state index contributed by atoms with van der Waals surface area (Å²) in [5.41, 5.74) is 10.2. The van der Waals surface area contributed by atoms with E-state index in [0.717, 1.165) is 42.3 Å². The second kappa shape index (κ2) is 5.81. The molecule has 5 nitrogen and oxygen atoms in total. The van der Waals surface area contributed by atoms with Gasteiger partial charge in [0.1, 0.15) is 17.5 Å². The van der Waals surface area contributed by atoms with Crippen molar-refractivity contribution in [3.05, 3.63) is 35.7 Å². The molecule has 1 aromatic heterocycles. The minimum Gasteiger partial charge on any atom is -0.488 e. The molecule has 0 aliphatic carbocycles. The molecule has 0 saturated carbocycles. The third-order valence-electron chi connectivity index (χ3n) is 4.64. The van der Waals surface area contributed by atoms with Crippen LogP contribution < -0.4 is 15.4 Å². The Labute approximate surface area is 136 Å². The SMILES string of the molecule is Cc1cc2c(c(-c3nccnc3N3CCCC3)c1)OC(CN)C2. The number of aromatic nitrogens is 2. The van der Waals surface area contributed by atoms with E-state index in [4.69, 9.17) is 10.5 Å². The predicted molar refractivity (Wildman–Crippen MR) is 90.8 cm³/mol. The topological polar surface area (TPSA) is 64.3 Å². The minimum absolute atomic E-state index is 0.0671. The number of rotatable bonds is 3. The average molecular weight is 310 g/mol. The Hall–Kier alpha value is -2.14. The van der Waals surface area contributed by atoms with E-state index in [1.165, 1.54) is 24.0 Å². The van der Waals surface area contributed by atoms with Crippen LogP contribution in [0.1, 0.15) is 24.0 Å². The molecule has 0 amide bonds. The van der Waals surface area contributed by atoms with Gasteiger partial charge < -0.3 is 15.4 Å². The van der Waals surface area contributed by atoms with Crippen LogP contribution in [0.3, 0.4) is 0 Å². The predicted octanol–water partition coefficient (Wildman–Crippen LogP) is 2.31. The Morgan fingerprint density at radius 1 is 1.22 bits per heavy atom. The van der Waals surface area contributed by atoms with Crippen LogP contribution in [-0.4, -0.2) is 35.7 Å². The van der Waals surface area contributed by atoms with E-state index in [1.807, 2.05) is 0 Å². The monoisotopic (exact) mass is 310 g/mol. The number of fused-ring (bicyclic) bond motifs is 1. The van der Waals surface area contributed by atoms with Gasteiger partial charge >= 0.3 is 0 Å². The first-order valence-electron chi connectivity index (χ1n) is 8.33. The van der Waals surface area contributed by atoms with Gasteiger partial charge in [-0.25, -0.2) is 4.98 Å². The van der Waals surface area contributed by atoms with Gasteiger partial charge in [-0.3, -0.25) is 4.98 Å². The van der Waals surface area contributed by atoms with Gasteiger partial charge in [-0.05, 0) is 37.0 Å². The summed E-state index contributed by atoms with van der Waals surface area (Å²) in [6.45, 7) is 4.75. The molecule has 1 aromatic carbocycles. The Balaban J connectivity index is 1.83. The lowest BCUT2D eigenvalue weighted by Crippen LogP contribution is -2.24. The van der Waals surface area contributed by atoms with Crippen molar-refractivity contribution in [1.82, 2.24) is 9.97 Å². The van der Waals surface area contributed by atoms with Crippen LogP contribution in [0.2, 0.25) is 0 Å². The van der Waals surface area contributed by atoms with E-state index in [-0.39, 0.29) is 6.10 Å². The zero-order valence-electron chi connectivity index (χ0n) is 13.5. The zero-order chi connectivity index (χ0) is 15.8. The molecule has 1 fully saturated rings. The molecule has 23 heavy (non-hydrogen) atoms. The summed E-state index contributed by atoms with van der Waals surface area (Å²) in [4.78, 5) is 11.6. The van der Waals surface area contributed by atoms with Gasteiger partial charge in [0.05, 0.1) is 0 Å². The van der Waals surface area contributed by atoms with Crippen molar-refractivity contribution in [3.63, 3.8) is 0 Å². The van der Waals surface area contributed by atoms with Gasteiger partial charge in [-0.15, -0.1) is 0 Å². The Kier molecular flexibility index (Phi) is 3.65. The summed E-state index contributed by atoms with van der Waals surface area (Å²) in [5.74, 6) is 1.91. The molecule has 2 aliphatic heterocycles. The maximum Gasteiger partial charge on any atom is 0.155 e. The molecule has 0 spiro atoms. The normalized spacial score (nSPS) is 19.7. The lowest BCUT2D eigenvalue weighted by Gasteiger charge is -2.20. The van der Waals surface area contributed by atoms with Crippen molar-refractivity contribution in [2.24, 2.45) is 5.73 Å². The van der Waals surface area contributed by atoms with Crippen molar-refractivity contribution in [1.29, 1.82) is 0 Å². The number of aryl methyl sites for hydroxylation is 1. The van der Waals surface area contributed by atoms with Crippen LogP contribution >= 0.6 is 0 Å². The van der Waals surface area contributed by atoms with E-state index in [1.54, 1.807) is 12.4 Å². The Bertz CT molecular complexity index is 725. The fourth-order valence-electron chi connectivity index (χ4n) is 3.58. The Morgan fingerprint density at radius 3 is 2.78 bits per heavy atom. The van der Waals surface area contributed by atoms with E-state index in [2.05, 4.69) is 33.9 Å².